The van der Waals surface area contributed by atoms with Gasteiger partial charge in [-0.15, -0.1) is 5.70 Å². The van der Waals surface area contributed by atoms with Crippen molar-refractivity contribution in [2.24, 2.45) is 0 Å². The number of hydrogen-bond acceptors (Lipinski definition) is 1. The molecule has 0 spiro atoms. The SMILES string of the molecule is CC[SiH](C=CCCCN1CCCC1)CC. The molecule has 1 rings (SSSR count). The fourth-order valence-corrected chi connectivity index (χ4v) is 3.99. The van der Waals surface area contributed by atoms with Crippen LogP contribution in [0.2, 0.25) is 12.1 Å². The smallest absolute Gasteiger partial charge is 0.0605 e. The lowest BCUT2D eigenvalue weighted by Gasteiger charge is -2.13. The van der Waals surface area contributed by atoms with E-state index in [9.17, 15) is 0 Å². The zero-order chi connectivity index (χ0) is 10.9. The maximum Gasteiger partial charge on any atom is 0.0605 e. The standard InChI is InChI=1S/C13H27NSi/c1-3-15(4-2)13-9-5-6-10-14-11-7-8-12-14/h9,13,15H,3-8,10-12H2,1-2H3. The van der Waals surface area contributed by atoms with Crippen molar-refractivity contribution in [1.29, 1.82) is 0 Å². The van der Waals surface area contributed by atoms with Crippen LogP contribution in [0.5, 0.6) is 0 Å². The Labute approximate surface area is 97.2 Å². The van der Waals surface area contributed by atoms with Gasteiger partial charge in [0.15, 0.2) is 0 Å². The summed E-state index contributed by atoms with van der Waals surface area (Å²) in [4.78, 5) is 2.61. The molecule has 1 nitrogen and oxygen atoms in total. The fourth-order valence-electron chi connectivity index (χ4n) is 2.29. The summed E-state index contributed by atoms with van der Waals surface area (Å²) in [7, 11) is -0.456. The van der Waals surface area contributed by atoms with E-state index in [0.717, 1.165) is 0 Å². The predicted molar refractivity (Wildman–Crippen MR) is 72.2 cm³/mol. The molecule has 1 aliphatic rings. The zero-order valence-corrected chi connectivity index (χ0v) is 11.7. The van der Waals surface area contributed by atoms with Crippen LogP contribution < -0.4 is 0 Å². The van der Waals surface area contributed by atoms with Crippen molar-refractivity contribution in [3.63, 3.8) is 0 Å². The van der Waals surface area contributed by atoms with Crippen molar-refractivity contribution < 1.29 is 0 Å². The zero-order valence-electron chi connectivity index (χ0n) is 10.5. The Bertz CT molecular complexity index is 169. The molecular weight excluding hydrogens is 198 g/mol. The monoisotopic (exact) mass is 225 g/mol. The van der Waals surface area contributed by atoms with Crippen LogP contribution in [0.1, 0.15) is 39.5 Å². The minimum atomic E-state index is -0.456. The molecule has 0 bridgehead atoms. The molecule has 0 aromatic carbocycles. The van der Waals surface area contributed by atoms with E-state index in [1.165, 1.54) is 57.4 Å². The van der Waals surface area contributed by atoms with E-state index in [-0.39, 0.29) is 0 Å². The van der Waals surface area contributed by atoms with Crippen LogP contribution in [0.25, 0.3) is 0 Å². The highest BCUT2D eigenvalue weighted by molar-refractivity contribution is 6.64. The molecule has 15 heavy (non-hydrogen) atoms. The van der Waals surface area contributed by atoms with Crippen molar-refractivity contribution >= 4 is 8.80 Å². The lowest BCUT2D eigenvalue weighted by Crippen LogP contribution is -2.20. The van der Waals surface area contributed by atoms with E-state index in [0.29, 0.717) is 0 Å². The summed E-state index contributed by atoms with van der Waals surface area (Å²) >= 11 is 0. The summed E-state index contributed by atoms with van der Waals surface area (Å²) in [6.45, 7) is 8.72. The third-order valence-electron chi connectivity index (χ3n) is 3.50. The molecule has 0 amide bonds. The van der Waals surface area contributed by atoms with Crippen LogP contribution in [-0.2, 0) is 0 Å². The third kappa shape index (κ3) is 5.52. The first-order valence-corrected chi connectivity index (χ1v) is 9.05. The molecule has 88 valence electrons. The van der Waals surface area contributed by atoms with Crippen LogP contribution in [0, 0.1) is 0 Å². The Morgan fingerprint density at radius 1 is 1.13 bits per heavy atom. The Hall–Kier alpha value is -0.0831. The topological polar surface area (TPSA) is 3.24 Å². The number of rotatable bonds is 7. The molecule has 0 radical (unpaired) electrons. The van der Waals surface area contributed by atoms with E-state index in [1.54, 1.807) is 0 Å². The summed E-state index contributed by atoms with van der Waals surface area (Å²) in [6, 6.07) is 2.86. The van der Waals surface area contributed by atoms with Gasteiger partial charge in [0.25, 0.3) is 0 Å². The molecule has 0 atom stereocenters. The minimum Gasteiger partial charge on any atom is -0.303 e. The average molecular weight is 225 g/mol. The summed E-state index contributed by atoms with van der Waals surface area (Å²) in [5.74, 6) is 0. The molecule has 2 heteroatoms. The highest BCUT2D eigenvalue weighted by Gasteiger charge is 2.09. The van der Waals surface area contributed by atoms with Gasteiger partial charge >= 0.3 is 0 Å². The Morgan fingerprint density at radius 2 is 1.80 bits per heavy atom. The highest BCUT2D eigenvalue weighted by atomic mass is 28.3. The third-order valence-corrected chi connectivity index (χ3v) is 6.41. The van der Waals surface area contributed by atoms with Gasteiger partial charge in [-0.2, -0.15) is 0 Å². The van der Waals surface area contributed by atoms with Crippen molar-refractivity contribution in [2.45, 2.75) is 51.6 Å². The van der Waals surface area contributed by atoms with Gasteiger partial charge in [-0.05, 0) is 45.3 Å². The van der Waals surface area contributed by atoms with Gasteiger partial charge in [0, 0.05) is 0 Å². The van der Waals surface area contributed by atoms with Gasteiger partial charge in [0.1, 0.15) is 0 Å². The number of nitrogens with zero attached hydrogens (tertiary/aromatic N) is 1. The maximum atomic E-state index is 2.61. The highest BCUT2D eigenvalue weighted by Crippen LogP contribution is 2.08. The molecule has 0 aromatic rings. The second-order valence-electron chi connectivity index (χ2n) is 4.70. The number of allylic oxidation sites excluding steroid dienone is 1. The normalized spacial score (nSPS) is 18.3. The fraction of sp³-hybridized carbons (Fsp3) is 0.846. The minimum absolute atomic E-state index is 0.456. The van der Waals surface area contributed by atoms with Gasteiger partial charge in [0.2, 0.25) is 0 Å². The second kappa shape index (κ2) is 8.11. The molecule has 1 aliphatic heterocycles. The first-order valence-electron chi connectivity index (χ1n) is 6.75. The summed E-state index contributed by atoms with van der Waals surface area (Å²) < 4.78 is 0. The van der Waals surface area contributed by atoms with Crippen LogP contribution >= 0.6 is 0 Å². The van der Waals surface area contributed by atoms with E-state index < -0.39 is 8.80 Å². The van der Waals surface area contributed by atoms with Gasteiger partial charge in [-0.25, -0.2) is 0 Å². The lowest BCUT2D eigenvalue weighted by atomic mass is 10.3. The lowest BCUT2D eigenvalue weighted by molar-refractivity contribution is 0.335. The van der Waals surface area contributed by atoms with Crippen LogP contribution in [-0.4, -0.2) is 33.3 Å². The van der Waals surface area contributed by atoms with Crippen LogP contribution in [0.4, 0.5) is 0 Å². The van der Waals surface area contributed by atoms with Crippen molar-refractivity contribution in [3.8, 4) is 0 Å². The largest absolute Gasteiger partial charge is 0.303 e. The van der Waals surface area contributed by atoms with E-state index in [4.69, 9.17) is 0 Å². The molecule has 1 heterocycles. The molecule has 0 aliphatic carbocycles. The molecule has 0 unspecified atom stereocenters. The Kier molecular flexibility index (Phi) is 7.02. The summed E-state index contributed by atoms with van der Waals surface area (Å²) in [5, 5.41) is 0. The van der Waals surface area contributed by atoms with Crippen LogP contribution in [0.3, 0.4) is 0 Å². The Morgan fingerprint density at radius 3 is 2.40 bits per heavy atom. The Balaban J connectivity index is 1.99. The van der Waals surface area contributed by atoms with Gasteiger partial charge in [-0.3, -0.25) is 0 Å². The van der Waals surface area contributed by atoms with Crippen molar-refractivity contribution in [3.05, 3.63) is 11.8 Å². The number of unbranched alkanes of at least 4 members (excludes halogenated alkanes) is 1. The van der Waals surface area contributed by atoms with Gasteiger partial charge in [-0.1, -0.05) is 32.0 Å². The van der Waals surface area contributed by atoms with Crippen LogP contribution in [0.15, 0.2) is 11.8 Å². The van der Waals surface area contributed by atoms with E-state index in [1.807, 2.05) is 0 Å². The number of hydrogen-bond donors (Lipinski definition) is 0. The van der Waals surface area contributed by atoms with Crippen molar-refractivity contribution in [2.75, 3.05) is 19.6 Å². The molecule has 1 fully saturated rings. The molecule has 0 aromatic heterocycles. The van der Waals surface area contributed by atoms with E-state index in [2.05, 4.69) is 30.5 Å². The molecular formula is C13H27NSi. The first kappa shape index (κ1) is 13.0. The van der Waals surface area contributed by atoms with Crippen molar-refractivity contribution in [1.82, 2.24) is 4.90 Å². The molecule has 0 N–H and O–H groups in total. The first-order chi connectivity index (χ1) is 7.36. The second-order valence-corrected chi connectivity index (χ2v) is 8.23. The molecule has 0 saturated carbocycles. The maximum absolute atomic E-state index is 2.61. The average Bonchev–Trinajstić information content (AvgIpc) is 2.76. The quantitative estimate of drug-likeness (QED) is 0.475. The van der Waals surface area contributed by atoms with Gasteiger partial charge in [0.05, 0.1) is 8.80 Å². The number of likely N-dealkylation sites (tertiary alicyclic amines) is 1. The van der Waals surface area contributed by atoms with E-state index >= 15 is 0 Å². The summed E-state index contributed by atoms with van der Waals surface area (Å²) in [6.07, 6.45) is 7.98. The van der Waals surface area contributed by atoms with Gasteiger partial charge < -0.3 is 4.90 Å². The summed E-state index contributed by atoms with van der Waals surface area (Å²) in [5.41, 5.74) is 2.56. The molecule has 1 saturated heterocycles. The predicted octanol–water partition coefficient (Wildman–Crippen LogP) is 3.22.